The van der Waals surface area contributed by atoms with Gasteiger partial charge in [-0.1, -0.05) is 75.7 Å². The summed E-state index contributed by atoms with van der Waals surface area (Å²) in [5.41, 5.74) is 3.66. The van der Waals surface area contributed by atoms with Crippen molar-refractivity contribution < 1.29 is 23.4 Å². The summed E-state index contributed by atoms with van der Waals surface area (Å²) >= 11 is 0. The quantitative estimate of drug-likeness (QED) is 0.316. The Morgan fingerprint density at radius 1 is 0.971 bits per heavy atom. The first-order chi connectivity index (χ1) is 16.2. The van der Waals surface area contributed by atoms with Crippen molar-refractivity contribution in [1.29, 1.82) is 0 Å². The summed E-state index contributed by atoms with van der Waals surface area (Å²) in [5, 5.41) is 8.87. The van der Waals surface area contributed by atoms with Gasteiger partial charge in [0.05, 0.1) is 0 Å². The standard InChI is InChI=1S/C29H32F2O3/c1-4-16-29(2,3)18-22-17-20(12-14-23(22)24-9-5-6-10-25(24)30)19-34-26-11-7-8-21(28(26)31)13-15-27(32)33/h5-12,14,17H,4,13,15-16,18-19H2,1-3H3,(H,32,33). The maximum absolute atomic E-state index is 14.8. The van der Waals surface area contributed by atoms with Crippen LogP contribution < -0.4 is 4.74 Å². The average molecular weight is 467 g/mol. The second-order valence-electron chi connectivity index (χ2n) is 9.47. The van der Waals surface area contributed by atoms with Gasteiger partial charge in [-0.15, -0.1) is 0 Å². The number of hydrogen-bond acceptors (Lipinski definition) is 2. The number of carbonyl (C=O) groups is 1. The highest BCUT2D eigenvalue weighted by atomic mass is 19.1. The van der Waals surface area contributed by atoms with Crippen molar-refractivity contribution in [3.8, 4) is 16.9 Å². The van der Waals surface area contributed by atoms with E-state index in [1.54, 1.807) is 30.3 Å². The van der Waals surface area contributed by atoms with Crippen LogP contribution in [0, 0.1) is 17.0 Å². The Labute approximate surface area is 200 Å². The van der Waals surface area contributed by atoms with E-state index in [1.165, 1.54) is 6.07 Å². The molecule has 0 aliphatic carbocycles. The third-order valence-electron chi connectivity index (χ3n) is 5.98. The van der Waals surface area contributed by atoms with Crippen molar-refractivity contribution in [3.63, 3.8) is 0 Å². The molecule has 180 valence electrons. The molecular weight excluding hydrogens is 434 g/mol. The second-order valence-corrected chi connectivity index (χ2v) is 9.47. The van der Waals surface area contributed by atoms with Gasteiger partial charge in [-0.05, 0) is 59.1 Å². The van der Waals surface area contributed by atoms with Crippen LogP contribution in [0.15, 0.2) is 60.7 Å². The van der Waals surface area contributed by atoms with Crippen molar-refractivity contribution in [2.45, 2.75) is 59.5 Å². The lowest BCUT2D eigenvalue weighted by Crippen LogP contribution is -2.15. The van der Waals surface area contributed by atoms with Crippen LogP contribution in [0.3, 0.4) is 0 Å². The molecule has 0 aromatic heterocycles. The Kier molecular flexibility index (Phi) is 8.43. The molecule has 3 nitrogen and oxygen atoms in total. The smallest absolute Gasteiger partial charge is 0.303 e. The predicted octanol–water partition coefficient (Wildman–Crippen LogP) is 7.60. The van der Waals surface area contributed by atoms with Gasteiger partial charge in [0.15, 0.2) is 11.6 Å². The molecular formula is C29H32F2O3. The first kappa shape index (κ1) is 25.4. The van der Waals surface area contributed by atoms with Gasteiger partial charge in [0, 0.05) is 12.0 Å². The van der Waals surface area contributed by atoms with E-state index in [0.717, 1.165) is 36.0 Å². The van der Waals surface area contributed by atoms with E-state index in [9.17, 15) is 13.6 Å². The lowest BCUT2D eigenvalue weighted by Gasteiger charge is -2.26. The van der Waals surface area contributed by atoms with Crippen LogP contribution in [0.5, 0.6) is 5.75 Å². The Morgan fingerprint density at radius 3 is 2.44 bits per heavy atom. The first-order valence-corrected chi connectivity index (χ1v) is 11.7. The summed E-state index contributed by atoms with van der Waals surface area (Å²) < 4.78 is 35.2. The normalized spacial score (nSPS) is 11.4. The number of halogens is 2. The zero-order valence-corrected chi connectivity index (χ0v) is 20.0. The van der Waals surface area contributed by atoms with E-state index < -0.39 is 11.8 Å². The molecule has 0 bridgehead atoms. The number of rotatable bonds is 11. The van der Waals surface area contributed by atoms with E-state index in [0.29, 0.717) is 11.1 Å². The van der Waals surface area contributed by atoms with E-state index >= 15 is 0 Å². The second kappa shape index (κ2) is 11.3. The minimum absolute atomic E-state index is 0.0405. The molecule has 0 aliphatic rings. The lowest BCUT2D eigenvalue weighted by atomic mass is 9.79. The molecule has 3 rings (SSSR count). The summed E-state index contributed by atoms with van der Waals surface area (Å²) in [4.78, 5) is 10.8. The zero-order chi connectivity index (χ0) is 24.7. The maximum atomic E-state index is 14.8. The molecule has 0 saturated heterocycles. The Balaban J connectivity index is 1.87. The lowest BCUT2D eigenvalue weighted by molar-refractivity contribution is -0.136. The van der Waals surface area contributed by atoms with Crippen molar-refractivity contribution in [3.05, 3.63) is 89.0 Å². The van der Waals surface area contributed by atoms with Crippen LogP contribution in [0.4, 0.5) is 8.78 Å². The predicted molar refractivity (Wildman–Crippen MR) is 131 cm³/mol. The number of benzene rings is 3. The molecule has 5 heteroatoms. The van der Waals surface area contributed by atoms with Gasteiger partial charge in [0.2, 0.25) is 0 Å². The number of aryl methyl sites for hydroxylation is 1. The molecule has 1 N–H and O–H groups in total. The third kappa shape index (κ3) is 6.66. The Morgan fingerprint density at radius 2 is 1.74 bits per heavy atom. The SMILES string of the molecule is CCCC(C)(C)Cc1cc(COc2cccc(CCC(=O)O)c2F)ccc1-c1ccccc1F. The molecule has 0 saturated carbocycles. The average Bonchev–Trinajstić information content (AvgIpc) is 2.78. The molecule has 0 fully saturated rings. The molecule has 3 aromatic carbocycles. The van der Waals surface area contributed by atoms with Gasteiger partial charge in [-0.25, -0.2) is 8.78 Å². The van der Waals surface area contributed by atoms with Crippen molar-refractivity contribution >= 4 is 5.97 Å². The van der Waals surface area contributed by atoms with E-state index in [2.05, 4.69) is 20.8 Å². The number of carboxylic acids is 1. The molecule has 0 heterocycles. The van der Waals surface area contributed by atoms with Gasteiger partial charge in [-0.3, -0.25) is 4.79 Å². The summed E-state index contributed by atoms with van der Waals surface area (Å²) in [6.07, 6.45) is 2.83. The van der Waals surface area contributed by atoms with E-state index in [1.807, 2.05) is 24.3 Å². The summed E-state index contributed by atoms with van der Waals surface area (Å²) in [6.45, 7) is 6.73. The monoisotopic (exact) mass is 466 g/mol. The van der Waals surface area contributed by atoms with Crippen LogP contribution in [-0.4, -0.2) is 11.1 Å². The first-order valence-electron chi connectivity index (χ1n) is 11.7. The van der Waals surface area contributed by atoms with Gasteiger partial charge in [0.25, 0.3) is 0 Å². The minimum atomic E-state index is -0.973. The minimum Gasteiger partial charge on any atom is -0.486 e. The summed E-state index contributed by atoms with van der Waals surface area (Å²) in [7, 11) is 0. The Bertz CT molecular complexity index is 1140. The van der Waals surface area contributed by atoms with Gasteiger partial charge in [0.1, 0.15) is 12.4 Å². The van der Waals surface area contributed by atoms with Crippen LogP contribution in [0.1, 0.15) is 56.7 Å². The fourth-order valence-corrected chi connectivity index (χ4v) is 4.37. The molecule has 3 aromatic rings. The molecule has 0 radical (unpaired) electrons. The van der Waals surface area contributed by atoms with Crippen molar-refractivity contribution in [2.75, 3.05) is 0 Å². The number of hydrogen-bond donors (Lipinski definition) is 1. The van der Waals surface area contributed by atoms with Crippen molar-refractivity contribution in [2.24, 2.45) is 5.41 Å². The highest BCUT2D eigenvalue weighted by Gasteiger charge is 2.21. The molecule has 0 aliphatic heterocycles. The van der Waals surface area contributed by atoms with E-state index in [-0.39, 0.29) is 36.4 Å². The fraction of sp³-hybridized carbons (Fsp3) is 0.345. The summed E-state index contributed by atoms with van der Waals surface area (Å²) in [5.74, 6) is -1.68. The number of aliphatic carboxylic acids is 1. The molecule has 0 atom stereocenters. The molecule has 0 unspecified atom stereocenters. The molecule has 0 spiro atoms. The molecule has 0 amide bonds. The van der Waals surface area contributed by atoms with Crippen LogP contribution in [-0.2, 0) is 24.2 Å². The van der Waals surface area contributed by atoms with Gasteiger partial charge in [-0.2, -0.15) is 0 Å². The highest BCUT2D eigenvalue weighted by Crippen LogP contribution is 2.34. The Hall–Kier alpha value is -3.21. The van der Waals surface area contributed by atoms with Crippen LogP contribution >= 0.6 is 0 Å². The van der Waals surface area contributed by atoms with Crippen LogP contribution in [0.25, 0.3) is 11.1 Å². The van der Waals surface area contributed by atoms with Crippen LogP contribution in [0.2, 0.25) is 0 Å². The maximum Gasteiger partial charge on any atom is 0.303 e. The van der Waals surface area contributed by atoms with Crippen molar-refractivity contribution in [1.82, 2.24) is 0 Å². The zero-order valence-electron chi connectivity index (χ0n) is 20.0. The number of ether oxygens (including phenoxy) is 1. The number of carboxylic acid groups (broad SMARTS) is 1. The largest absolute Gasteiger partial charge is 0.486 e. The fourth-order valence-electron chi connectivity index (χ4n) is 4.37. The topological polar surface area (TPSA) is 46.5 Å². The third-order valence-corrected chi connectivity index (χ3v) is 5.98. The molecule has 34 heavy (non-hydrogen) atoms. The highest BCUT2D eigenvalue weighted by molar-refractivity contribution is 5.69. The summed E-state index contributed by atoms with van der Waals surface area (Å²) in [6, 6.07) is 17.3. The van der Waals surface area contributed by atoms with Gasteiger partial charge >= 0.3 is 5.97 Å². The van der Waals surface area contributed by atoms with Gasteiger partial charge < -0.3 is 9.84 Å². The van der Waals surface area contributed by atoms with E-state index in [4.69, 9.17) is 9.84 Å².